The highest BCUT2D eigenvalue weighted by atomic mass is 16.5. The number of likely N-dealkylation sites (tertiary alicyclic amines) is 1. The van der Waals surface area contributed by atoms with Crippen LogP contribution in [0.5, 0.6) is 0 Å². The summed E-state index contributed by atoms with van der Waals surface area (Å²) >= 11 is 0. The van der Waals surface area contributed by atoms with Gasteiger partial charge in [-0.2, -0.15) is 0 Å². The second kappa shape index (κ2) is 6.87. The highest BCUT2D eigenvalue weighted by molar-refractivity contribution is 5.84. The zero-order valence-corrected chi connectivity index (χ0v) is 12.9. The number of hydrogen-bond acceptors (Lipinski definition) is 4. The van der Waals surface area contributed by atoms with Crippen molar-refractivity contribution in [2.45, 2.75) is 63.1 Å². The minimum atomic E-state index is -0.500. The van der Waals surface area contributed by atoms with Crippen LogP contribution in [0, 0.1) is 0 Å². The number of amides is 1. The van der Waals surface area contributed by atoms with E-state index in [1.54, 1.807) is 0 Å². The lowest BCUT2D eigenvalue weighted by Crippen LogP contribution is -2.60. The highest BCUT2D eigenvalue weighted by Crippen LogP contribution is 2.32. The molecule has 1 saturated heterocycles. The highest BCUT2D eigenvalue weighted by Gasteiger charge is 2.42. The van der Waals surface area contributed by atoms with Gasteiger partial charge < -0.3 is 20.7 Å². The number of carbonyl (C=O) groups excluding carboxylic acids is 1. The number of ether oxygens (including phenoxy) is 1. The minimum absolute atomic E-state index is 0.200. The predicted molar refractivity (Wildman–Crippen MR) is 79.5 cm³/mol. The molecule has 1 saturated carbocycles. The van der Waals surface area contributed by atoms with Gasteiger partial charge in [-0.1, -0.05) is 0 Å². The molecule has 1 aliphatic heterocycles. The monoisotopic (exact) mass is 283 g/mol. The van der Waals surface area contributed by atoms with Crippen LogP contribution >= 0.6 is 0 Å². The topological polar surface area (TPSA) is 67.6 Å². The SMILES string of the molecule is CCOC1CCN(C2CCCC(NC)(C(N)=O)C2)CC1. The first-order valence-corrected chi connectivity index (χ1v) is 7.96. The van der Waals surface area contributed by atoms with Crippen molar-refractivity contribution in [1.29, 1.82) is 0 Å². The second-order valence-electron chi connectivity index (χ2n) is 6.14. The fourth-order valence-electron chi connectivity index (χ4n) is 3.77. The third-order valence-electron chi connectivity index (χ3n) is 5.07. The van der Waals surface area contributed by atoms with Crippen molar-refractivity contribution in [3.63, 3.8) is 0 Å². The zero-order valence-electron chi connectivity index (χ0n) is 12.9. The maximum Gasteiger partial charge on any atom is 0.237 e. The Bertz CT molecular complexity index is 329. The van der Waals surface area contributed by atoms with E-state index in [0.717, 1.165) is 51.8 Å². The Morgan fingerprint density at radius 3 is 2.65 bits per heavy atom. The Hall–Kier alpha value is -0.650. The van der Waals surface area contributed by atoms with Crippen molar-refractivity contribution in [1.82, 2.24) is 10.2 Å². The van der Waals surface area contributed by atoms with Crippen LogP contribution in [-0.2, 0) is 9.53 Å². The number of nitrogens with two attached hydrogens (primary N) is 1. The summed E-state index contributed by atoms with van der Waals surface area (Å²) in [6.45, 7) is 5.02. The van der Waals surface area contributed by atoms with E-state index in [4.69, 9.17) is 10.5 Å². The van der Waals surface area contributed by atoms with Crippen molar-refractivity contribution < 1.29 is 9.53 Å². The van der Waals surface area contributed by atoms with Gasteiger partial charge in [-0.3, -0.25) is 4.79 Å². The van der Waals surface area contributed by atoms with Crippen LogP contribution in [0.15, 0.2) is 0 Å². The molecule has 116 valence electrons. The zero-order chi connectivity index (χ0) is 14.6. The van der Waals surface area contributed by atoms with E-state index < -0.39 is 5.54 Å². The molecule has 1 aliphatic carbocycles. The van der Waals surface area contributed by atoms with Gasteiger partial charge in [0.2, 0.25) is 5.91 Å². The minimum Gasteiger partial charge on any atom is -0.378 e. The van der Waals surface area contributed by atoms with Crippen molar-refractivity contribution in [2.75, 3.05) is 26.7 Å². The first-order valence-electron chi connectivity index (χ1n) is 7.96. The van der Waals surface area contributed by atoms with E-state index in [1.165, 1.54) is 6.42 Å². The van der Waals surface area contributed by atoms with E-state index in [0.29, 0.717) is 12.1 Å². The Morgan fingerprint density at radius 2 is 2.10 bits per heavy atom. The number of piperidine rings is 1. The Kier molecular flexibility index (Phi) is 5.41. The molecular formula is C15H29N3O2. The van der Waals surface area contributed by atoms with Gasteiger partial charge in [-0.05, 0) is 52.5 Å². The molecule has 2 rings (SSSR count). The van der Waals surface area contributed by atoms with E-state index in [1.807, 2.05) is 7.05 Å². The van der Waals surface area contributed by atoms with Gasteiger partial charge in [0.25, 0.3) is 0 Å². The summed E-state index contributed by atoms with van der Waals surface area (Å²) in [6, 6.07) is 0.478. The van der Waals surface area contributed by atoms with Crippen molar-refractivity contribution in [3.05, 3.63) is 0 Å². The summed E-state index contributed by atoms with van der Waals surface area (Å²) in [6.07, 6.45) is 6.59. The van der Waals surface area contributed by atoms with Gasteiger partial charge in [0.05, 0.1) is 11.6 Å². The molecule has 1 amide bonds. The normalized spacial score (nSPS) is 33.2. The maximum absolute atomic E-state index is 11.8. The average Bonchev–Trinajstić information content (AvgIpc) is 2.48. The maximum atomic E-state index is 11.8. The molecule has 20 heavy (non-hydrogen) atoms. The average molecular weight is 283 g/mol. The van der Waals surface area contributed by atoms with Crippen LogP contribution in [0.1, 0.15) is 45.4 Å². The molecule has 2 atom stereocenters. The standard InChI is InChI=1S/C15H29N3O2/c1-3-20-13-6-9-18(10-7-13)12-5-4-8-15(11-12,17-2)14(16)19/h12-13,17H,3-11H2,1-2H3,(H2,16,19). The van der Waals surface area contributed by atoms with Gasteiger partial charge in [0, 0.05) is 25.7 Å². The largest absolute Gasteiger partial charge is 0.378 e. The van der Waals surface area contributed by atoms with Crippen LogP contribution < -0.4 is 11.1 Å². The van der Waals surface area contributed by atoms with Gasteiger partial charge in [-0.15, -0.1) is 0 Å². The number of rotatable bonds is 5. The molecule has 1 heterocycles. The second-order valence-corrected chi connectivity index (χ2v) is 6.14. The van der Waals surface area contributed by atoms with Crippen LogP contribution in [-0.4, -0.2) is 55.2 Å². The molecule has 0 aromatic rings. The van der Waals surface area contributed by atoms with Crippen molar-refractivity contribution in [3.8, 4) is 0 Å². The Morgan fingerprint density at radius 1 is 1.40 bits per heavy atom. The van der Waals surface area contributed by atoms with Crippen molar-refractivity contribution >= 4 is 5.91 Å². The number of hydrogen-bond donors (Lipinski definition) is 2. The van der Waals surface area contributed by atoms with Gasteiger partial charge in [0.1, 0.15) is 0 Å². The Balaban J connectivity index is 1.91. The third kappa shape index (κ3) is 3.32. The summed E-state index contributed by atoms with van der Waals surface area (Å²) < 4.78 is 5.71. The molecular weight excluding hydrogens is 254 g/mol. The molecule has 5 heteroatoms. The van der Waals surface area contributed by atoms with Gasteiger partial charge >= 0.3 is 0 Å². The number of carbonyl (C=O) groups is 1. The lowest BCUT2D eigenvalue weighted by atomic mass is 9.77. The van der Waals surface area contributed by atoms with Crippen LogP contribution in [0.25, 0.3) is 0 Å². The Labute approximate surface area is 122 Å². The van der Waals surface area contributed by atoms with Crippen LogP contribution in [0.2, 0.25) is 0 Å². The molecule has 2 fully saturated rings. The number of nitrogens with one attached hydrogen (secondary N) is 1. The molecule has 3 N–H and O–H groups in total. The summed E-state index contributed by atoms with van der Waals surface area (Å²) in [5.74, 6) is -0.200. The number of nitrogens with zero attached hydrogens (tertiary/aromatic N) is 1. The fraction of sp³-hybridized carbons (Fsp3) is 0.933. The molecule has 5 nitrogen and oxygen atoms in total. The van der Waals surface area contributed by atoms with E-state index in [9.17, 15) is 4.79 Å². The van der Waals surface area contributed by atoms with Crippen LogP contribution in [0.3, 0.4) is 0 Å². The lowest BCUT2D eigenvalue weighted by Gasteiger charge is -2.45. The summed E-state index contributed by atoms with van der Waals surface area (Å²) in [5.41, 5.74) is 5.13. The molecule has 2 aliphatic rings. The van der Waals surface area contributed by atoms with Gasteiger partial charge in [-0.25, -0.2) is 0 Å². The van der Waals surface area contributed by atoms with E-state index in [2.05, 4.69) is 17.1 Å². The predicted octanol–water partition coefficient (Wildman–Crippen LogP) is 0.873. The fourth-order valence-corrected chi connectivity index (χ4v) is 3.77. The lowest BCUT2D eigenvalue weighted by molar-refractivity contribution is -0.126. The first-order chi connectivity index (χ1) is 9.61. The molecule has 0 aromatic heterocycles. The first kappa shape index (κ1) is 15.7. The number of primary amides is 1. The quantitative estimate of drug-likeness (QED) is 0.786. The smallest absolute Gasteiger partial charge is 0.237 e. The molecule has 0 aromatic carbocycles. The molecule has 0 radical (unpaired) electrons. The molecule has 2 unspecified atom stereocenters. The number of likely N-dealkylation sites (N-methyl/N-ethyl adjacent to an activating group) is 1. The van der Waals surface area contributed by atoms with E-state index >= 15 is 0 Å². The summed E-state index contributed by atoms with van der Waals surface area (Å²) in [5, 5.41) is 3.19. The molecule has 0 bridgehead atoms. The molecule has 0 spiro atoms. The van der Waals surface area contributed by atoms with Crippen LogP contribution in [0.4, 0.5) is 0 Å². The van der Waals surface area contributed by atoms with E-state index in [-0.39, 0.29) is 5.91 Å². The van der Waals surface area contributed by atoms with Crippen molar-refractivity contribution in [2.24, 2.45) is 5.73 Å². The summed E-state index contributed by atoms with van der Waals surface area (Å²) in [4.78, 5) is 14.3. The summed E-state index contributed by atoms with van der Waals surface area (Å²) in [7, 11) is 1.86. The van der Waals surface area contributed by atoms with Gasteiger partial charge in [0.15, 0.2) is 0 Å². The third-order valence-corrected chi connectivity index (χ3v) is 5.07.